The number of oxazole rings is 1. The first kappa shape index (κ1) is 14.3. The van der Waals surface area contributed by atoms with Crippen molar-refractivity contribution in [2.24, 2.45) is 5.92 Å². The van der Waals surface area contributed by atoms with Gasteiger partial charge in [0.25, 0.3) is 0 Å². The van der Waals surface area contributed by atoms with Crippen molar-refractivity contribution < 1.29 is 14.3 Å². The smallest absolute Gasteiger partial charge is 0.306 e. The van der Waals surface area contributed by atoms with Crippen LogP contribution in [-0.4, -0.2) is 33.5 Å². The van der Waals surface area contributed by atoms with E-state index in [1.807, 2.05) is 17.5 Å². The summed E-state index contributed by atoms with van der Waals surface area (Å²) in [5, 5.41) is 11.1. The second kappa shape index (κ2) is 5.99. The first-order valence-electron chi connectivity index (χ1n) is 7.08. The fourth-order valence-electron chi connectivity index (χ4n) is 2.78. The van der Waals surface area contributed by atoms with Crippen LogP contribution < -0.4 is 0 Å². The molecule has 2 aromatic heterocycles. The lowest BCUT2D eigenvalue weighted by atomic mass is 9.92. The molecule has 2 unspecified atom stereocenters. The van der Waals surface area contributed by atoms with E-state index in [1.54, 1.807) is 17.6 Å². The molecule has 112 valence electrons. The van der Waals surface area contributed by atoms with Gasteiger partial charge >= 0.3 is 5.97 Å². The Morgan fingerprint density at radius 2 is 2.48 bits per heavy atom. The van der Waals surface area contributed by atoms with Gasteiger partial charge in [0.2, 0.25) is 5.89 Å². The molecule has 0 spiro atoms. The van der Waals surface area contributed by atoms with Gasteiger partial charge in [0, 0.05) is 12.6 Å². The number of nitrogens with zero attached hydrogens (tertiary/aromatic N) is 2. The molecule has 21 heavy (non-hydrogen) atoms. The van der Waals surface area contributed by atoms with Crippen molar-refractivity contribution in [1.82, 2.24) is 9.88 Å². The Balaban J connectivity index is 1.63. The van der Waals surface area contributed by atoms with E-state index < -0.39 is 5.97 Å². The Kier molecular flexibility index (Phi) is 4.07. The largest absolute Gasteiger partial charge is 0.481 e. The van der Waals surface area contributed by atoms with Crippen molar-refractivity contribution in [3.05, 3.63) is 29.5 Å². The van der Waals surface area contributed by atoms with Crippen molar-refractivity contribution in [1.29, 1.82) is 0 Å². The number of carboxylic acids is 1. The third-order valence-corrected chi connectivity index (χ3v) is 4.87. The number of likely N-dealkylation sites (tertiary alicyclic amines) is 1. The molecule has 0 aromatic carbocycles. The Morgan fingerprint density at radius 3 is 3.14 bits per heavy atom. The van der Waals surface area contributed by atoms with Crippen LogP contribution in [0, 0.1) is 5.92 Å². The summed E-state index contributed by atoms with van der Waals surface area (Å²) in [5.41, 5.74) is 0.902. The minimum absolute atomic E-state index is 0.213. The predicted octanol–water partition coefficient (Wildman–Crippen LogP) is 3.09. The zero-order chi connectivity index (χ0) is 14.8. The van der Waals surface area contributed by atoms with Gasteiger partial charge in [-0.05, 0) is 37.8 Å². The molecule has 0 bridgehead atoms. The molecule has 6 heteroatoms. The summed E-state index contributed by atoms with van der Waals surface area (Å²) in [4.78, 5) is 18.9. The zero-order valence-corrected chi connectivity index (χ0v) is 12.7. The maximum absolute atomic E-state index is 11.1. The van der Waals surface area contributed by atoms with E-state index in [4.69, 9.17) is 9.52 Å². The third-order valence-electron chi connectivity index (χ3n) is 4.01. The molecule has 1 N–H and O–H groups in total. The van der Waals surface area contributed by atoms with E-state index in [2.05, 4.69) is 16.8 Å². The fourth-order valence-corrected chi connectivity index (χ4v) is 3.44. The molecular formula is C15H18N2O3S. The SMILES string of the molecule is CC1CC(C(=O)O)CCN1Cc1coc(-c2cccs2)n1. The summed E-state index contributed by atoms with van der Waals surface area (Å²) >= 11 is 1.60. The second-order valence-electron chi connectivity index (χ2n) is 5.50. The molecular weight excluding hydrogens is 288 g/mol. The lowest BCUT2D eigenvalue weighted by Crippen LogP contribution is -2.42. The van der Waals surface area contributed by atoms with Crippen LogP contribution in [0.25, 0.3) is 10.8 Å². The summed E-state index contributed by atoms with van der Waals surface area (Å²) in [6.45, 7) is 3.58. The van der Waals surface area contributed by atoms with Crippen LogP contribution in [0.1, 0.15) is 25.5 Å². The first-order chi connectivity index (χ1) is 10.1. The molecule has 0 saturated carbocycles. The number of carboxylic acid groups (broad SMARTS) is 1. The number of hydrogen-bond donors (Lipinski definition) is 1. The van der Waals surface area contributed by atoms with Gasteiger partial charge in [-0.15, -0.1) is 11.3 Å². The van der Waals surface area contributed by atoms with E-state index in [-0.39, 0.29) is 12.0 Å². The Hall–Kier alpha value is -1.66. The number of aliphatic carboxylic acids is 1. The minimum atomic E-state index is -0.678. The van der Waals surface area contributed by atoms with Crippen molar-refractivity contribution in [2.75, 3.05) is 6.54 Å². The molecule has 0 radical (unpaired) electrons. The van der Waals surface area contributed by atoms with E-state index >= 15 is 0 Å². The molecule has 1 fully saturated rings. The number of rotatable bonds is 4. The topological polar surface area (TPSA) is 66.6 Å². The van der Waals surface area contributed by atoms with Crippen molar-refractivity contribution >= 4 is 17.3 Å². The van der Waals surface area contributed by atoms with Crippen LogP contribution in [0.3, 0.4) is 0 Å². The highest BCUT2D eigenvalue weighted by molar-refractivity contribution is 7.13. The minimum Gasteiger partial charge on any atom is -0.481 e. The molecule has 1 saturated heterocycles. The molecule has 5 nitrogen and oxygen atoms in total. The fraction of sp³-hybridized carbons (Fsp3) is 0.467. The summed E-state index contributed by atoms with van der Waals surface area (Å²) in [6, 6.07) is 4.21. The van der Waals surface area contributed by atoms with Crippen LogP contribution in [0.5, 0.6) is 0 Å². The molecule has 0 aliphatic carbocycles. The summed E-state index contributed by atoms with van der Waals surface area (Å²) in [5.74, 6) is -0.230. The average Bonchev–Trinajstić information content (AvgIpc) is 3.11. The van der Waals surface area contributed by atoms with Crippen molar-refractivity contribution in [3.63, 3.8) is 0 Å². The number of piperidine rings is 1. The van der Waals surface area contributed by atoms with Gasteiger partial charge in [0.15, 0.2) is 0 Å². The van der Waals surface area contributed by atoms with Crippen LogP contribution in [0.4, 0.5) is 0 Å². The highest BCUT2D eigenvalue weighted by Crippen LogP contribution is 2.27. The number of aromatic nitrogens is 1. The lowest BCUT2D eigenvalue weighted by molar-refractivity contribution is -0.144. The highest BCUT2D eigenvalue weighted by Gasteiger charge is 2.30. The monoisotopic (exact) mass is 306 g/mol. The van der Waals surface area contributed by atoms with Gasteiger partial charge in [-0.1, -0.05) is 6.07 Å². The standard InChI is InChI=1S/C15H18N2O3S/c1-10-7-11(15(18)19)4-5-17(10)8-12-9-20-14(16-12)13-3-2-6-21-13/h2-3,6,9-11H,4-5,7-8H2,1H3,(H,18,19). The first-order valence-corrected chi connectivity index (χ1v) is 7.96. The van der Waals surface area contributed by atoms with E-state index in [9.17, 15) is 4.79 Å². The van der Waals surface area contributed by atoms with Crippen molar-refractivity contribution in [2.45, 2.75) is 32.4 Å². The number of thiophene rings is 1. The van der Waals surface area contributed by atoms with E-state index in [0.717, 1.165) is 17.1 Å². The molecule has 2 atom stereocenters. The van der Waals surface area contributed by atoms with E-state index in [1.165, 1.54) is 0 Å². The molecule has 3 rings (SSSR count). The average molecular weight is 306 g/mol. The normalized spacial score (nSPS) is 23.3. The second-order valence-corrected chi connectivity index (χ2v) is 6.45. The zero-order valence-electron chi connectivity index (χ0n) is 11.9. The van der Waals surface area contributed by atoms with Crippen LogP contribution >= 0.6 is 11.3 Å². The van der Waals surface area contributed by atoms with E-state index in [0.29, 0.717) is 25.3 Å². The van der Waals surface area contributed by atoms with Gasteiger partial charge in [0.1, 0.15) is 6.26 Å². The summed E-state index contributed by atoms with van der Waals surface area (Å²) < 4.78 is 5.52. The maximum atomic E-state index is 11.1. The number of carbonyl (C=O) groups is 1. The molecule has 1 aliphatic heterocycles. The predicted molar refractivity (Wildman–Crippen MR) is 80.0 cm³/mol. The molecule has 0 amide bonds. The Morgan fingerprint density at radius 1 is 1.62 bits per heavy atom. The van der Waals surface area contributed by atoms with Crippen LogP contribution in [-0.2, 0) is 11.3 Å². The lowest BCUT2D eigenvalue weighted by Gasteiger charge is -2.35. The maximum Gasteiger partial charge on any atom is 0.306 e. The molecule has 3 heterocycles. The van der Waals surface area contributed by atoms with Gasteiger partial charge in [0.05, 0.1) is 16.5 Å². The van der Waals surface area contributed by atoms with Gasteiger partial charge in [-0.25, -0.2) is 4.98 Å². The Bertz CT molecular complexity index is 608. The van der Waals surface area contributed by atoms with Gasteiger partial charge in [-0.3, -0.25) is 9.69 Å². The van der Waals surface area contributed by atoms with Crippen molar-refractivity contribution in [3.8, 4) is 10.8 Å². The summed E-state index contributed by atoms with van der Waals surface area (Å²) in [7, 11) is 0. The summed E-state index contributed by atoms with van der Waals surface area (Å²) in [6.07, 6.45) is 3.10. The van der Waals surface area contributed by atoms with Gasteiger partial charge < -0.3 is 9.52 Å². The van der Waals surface area contributed by atoms with Crippen LogP contribution in [0.15, 0.2) is 28.2 Å². The third kappa shape index (κ3) is 3.16. The van der Waals surface area contributed by atoms with Crippen LogP contribution in [0.2, 0.25) is 0 Å². The molecule has 2 aromatic rings. The quantitative estimate of drug-likeness (QED) is 0.940. The number of hydrogen-bond acceptors (Lipinski definition) is 5. The highest BCUT2D eigenvalue weighted by atomic mass is 32.1. The van der Waals surface area contributed by atoms with Gasteiger partial charge in [-0.2, -0.15) is 0 Å². The molecule has 1 aliphatic rings. The Labute approximate surface area is 127 Å².